The van der Waals surface area contributed by atoms with Crippen LogP contribution in [-0.2, 0) is 22.2 Å². The Kier molecular flexibility index (Phi) is 7.49. The van der Waals surface area contributed by atoms with Gasteiger partial charge in [-0.15, -0.1) is 0 Å². The van der Waals surface area contributed by atoms with Crippen LogP contribution < -0.4 is 4.90 Å². The van der Waals surface area contributed by atoms with Crippen molar-refractivity contribution in [3.63, 3.8) is 0 Å². The Labute approximate surface area is 205 Å². The van der Waals surface area contributed by atoms with Crippen molar-refractivity contribution in [2.45, 2.75) is 56.2 Å². The normalized spacial score (nSPS) is 23.6. The Balaban J connectivity index is 1.39. The molecule has 0 aromatic heterocycles. The first kappa shape index (κ1) is 27.6. The lowest BCUT2D eigenvalue weighted by atomic mass is 10.1. The maximum absolute atomic E-state index is 13.7. The predicted octanol–water partition coefficient (Wildman–Crippen LogP) is 4.82. The molecule has 0 radical (unpaired) electrons. The maximum Gasteiger partial charge on any atom is 0.434 e. The molecule has 0 spiro atoms. The molecule has 1 amide bonds. The third kappa shape index (κ3) is 6.54. The van der Waals surface area contributed by atoms with E-state index in [1.54, 1.807) is 9.80 Å². The van der Waals surface area contributed by atoms with Crippen LogP contribution in [0.3, 0.4) is 0 Å². The summed E-state index contributed by atoms with van der Waals surface area (Å²) in [6.45, 7) is 0.592. The summed E-state index contributed by atoms with van der Waals surface area (Å²) in [4.78, 5) is 16.1. The van der Waals surface area contributed by atoms with Crippen molar-refractivity contribution in [1.82, 2.24) is 9.80 Å². The number of morpholine rings is 1. The zero-order valence-corrected chi connectivity index (χ0v) is 19.3. The molecule has 3 fully saturated rings. The highest BCUT2D eigenvalue weighted by atomic mass is 19.4. The summed E-state index contributed by atoms with van der Waals surface area (Å²) in [7, 11) is 0. The monoisotopic (exact) mass is 549 g/mol. The molecule has 6 nitrogen and oxygen atoms in total. The minimum Gasteiger partial charge on any atom is -0.426 e. The highest BCUT2D eigenvalue weighted by Crippen LogP contribution is 2.40. The third-order valence-corrected chi connectivity index (χ3v) is 6.60. The van der Waals surface area contributed by atoms with Gasteiger partial charge in [-0.3, -0.25) is 4.90 Å². The molecule has 3 saturated heterocycles. The van der Waals surface area contributed by atoms with E-state index in [1.165, 1.54) is 12.1 Å². The number of carbonyl (C=O) groups excluding carboxylic acids is 1. The average molecular weight is 549 g/mol. The average Bonchev–Trinajstić information content (AvgIpc) is 3.12. The van der Waals surface area contributed by atoms with Crippen molar-refractivity contribution in [1.29, 1.82) is 0 Å². The van der Waals surface area contributed by atoms with Crippen molar-refractivity contribution in [3.8, 4) is 0 Å². The molecule has 37 heavy (non-hydrogen) atoms. The molecule has 0 N–H and O–H groups in total. The van der Waals surface area contributed by atoms with E-state index in [2.05, 4.69) is 4.74 Å². The van der Waals surface area contributed by atoms with Crippen LogP contribution in [0.25, 0.3) is 0 Å². The van der Waals surface area contributed by atoms with E-state index < -0.39 is 36.3 Å². The predicted molar refractivity (Wildman–Crippen MR) is 111 cm³/mol. The van der Waals surface area contributed by atoms with Crippen LogP contribution in [0.5, 0.6) is 0 Å². The molecule has 15 heteroatoms. The van der Waals surface area contributed by atoms with E-state index in [9.17, 15) is 44.3 Å². The number of alkyl halides is 9. The highest BCUT2D eigenvalue weighted by Gasteiger charge is 2.60. The van der Waals surface area contributed by atoms with Crippen LogP contribution in [0, 0.1) is 0 Å². The molecule has 2 unspecified atom stereocenters. The molecule has 3 aliphatic heterocycles. The number of piperazine rings is 1. The smallest absolute Gasteiger partial charge is 0.426 e. The minimum absolute atomic E-state index is 0.0396. The summed E-state index contributed by atoms with van der Waals surface area (Å²) in [5.74, 6) is 0. The maximum atomic E-state index is 13.7. The van der Waals surface area contributed by atoms with Crippen molar-refractivity contribution in [2.75, 3.05) is 44.2 Å². The number of halogens is 9. The SMILES string of the molecule is O=C(OC(C(F)(F)F)C(F)(F)F)N1CCN(Cc2ccc(C(F)(F)F)c(N3CC4CCC(C3)O4)c2)CC1. The fourth-order valence-electron chi connectivity index (χ4n) is 4.83. The summed E-state index contributed by atoms with van der Waals surface area (Å²) < 4.78 is 126. The summed E-state index contributed by atoms with van der Waals surface area (Å²) in [5, 5.41) is 0. The van der Waals surface area contributed by atoms with Gasteiger partial charge in [0.15, 0.2) is 0 Å². The van der Waals surface area contributed by atoms with Gasteiger partial charge in [0.2, 0.25) is 0 Å². The number of ether oxygens (including phenoxy) is 2. The van der Waals surface area contributed by atoms with E-state index in [4.69, 9.17) is 4.74 Å². The molecule has 1 aromatic rings. The molecule has 1 aromatic carbocycles. The summed E-state index contributed by atoms with van der Waals surface area (Å²) >= 11 is 0. The summed E-state index contributed by atoms with van der Waals surface area (Å²) in [5.41, 5.74) is -0.182. The molecule has 2 bridgehead atoms. The van der Waals surface area contributed by atoms with E-state index in [-0.39, 0.29) is 50.6 Å². The topological polar surface area (TPSA) is 45.2 Å². The van der Waals surface area contributed by atoms with Gasteiger partial charge in [0.25, 0.3) is 6.10 Å². The Bertz CT molecular complexity index is 949. The zero-order chi connectivity index (χ0) is 27.2. The fraction of sp³-hybridized carbons (Fsp3) is 0.682. The van der Waals surface area contributed by atoms with Crippen LogP contribution in [0.2, 0.25) is 0 Å². The highest BCUT2D eigenvalue weighted by molar-refractivity contribution is 5.68. The van der Waals surface area contributed by atoms with E-state index >= 15 is 0 Å². The van der Waals surface area contributed by atoms with Crippen LogP contribution in [0.4, 0.5) is 50.0 Å². The Morgan fingerprint density at radius 1 is 0.919 bits per heavy atom. The van der Waals surface area contributed by atoms with Gasteiger partial charge in [-0.1, -0.05) is 6.07 Å². The number of benzene rings is 1. The lowest BCUT2D eigenvalue weighted by molar-refractivity contribution is -0.308. The largest absolute Gasteiger partial charge is 0.434 e. The molecular formula is C22H24F9N3O3. The summed E-state index contributed by atoms with van der Waals surface area (Å²) in [6, 6.07) is 3.79. The Hall–Kier alpha value is -2.42. The molecule has 2 atom stereocenters. The first-order valence-electron chi connectivity index (χ1n) is 11.5. The first-order valence-corrected chi connectivity index (χ1v) is 11.5. The van der Waals surface area contributed by atoms with Gasteiger partial charge < -0.3 is 19.3 Å². The second kappa shape index (κ2) is 10.0. The zero-order valence-electron chi connectivity index (χ0n) is 19.3. The lowest BCUT2D eigenvalue weighted by Crippen LogP contribution is -2.52. The molecule has 208 valence electrons. The fourth-order valence-corrected chi connectivity index (χ4v) is 4.83. The molecule has 0 saturated carbocycles. The Morgan fingerprint density at radius 2 is 1.49 bits per heavy atom. The number of rotatable bonds is 4. The van der Waals surface area contributed by atoms with Gasteiger partial charge in [-0.05, 0) is 30.5 Å². The number of amides is 1. The van der Waals surface area contributed by atoms with E-state index in [0.717, 1.165) is 23.8 Å². The second-order valence-corrected chi connectivity index (χ2v) is 9.32. The van der Waals surface area contributed by atoms with E-state index in [0.29, 0.717) is 18.7 Å². The number of nitrogens with zero attached hydrogens (tertiary/aromatic N) is 3. The summed E-state index contributed by atoms with van der Waals surface area (Å²) in [6.07, 6.45) is -20.9. The molecule has 0 aliphatic carbocycles. The van der Waals surface area contributed by atoms with Crippen molar-refractivity contribution >= 4 is 11.8 Å². The standard InChI is InChI=1S/C22H24F9N3O3/c23-20(24,25)16-4-1-13(9-17(16)34-11-14-2-3-15(12-34)36-14)10-32-5-7-33(8-6-32)19(35)37-18(21(26,27)28)22(29,30)31/h1,4,9,14-15,18H,2-3,5-8,10-12H2. The number of hydrogen-bond acceptors (Lipinski definition) is 5. The van der Waals surface area contributed by atoms with Crippen LogP contribution in [-0.4, -0.2) is 85.8 Å². The van der Waals surface area contributed by atoms with Crippen LogP contribution in [0.1, 0.15) is 24.0 Å². The third-order valence-electron chi connectivity index (χ3n) is 6.60. The van der Waals surface area contributed by atoms with Gasteiger partial charge in [-0.25, -0.2) is 4.79 Å². The molecule has 4 rings (SSSR count). The van der Waals surface area contributed by atoms with Gasteiger partial charge in [0, 0.05) is 51.5 Å². The Morgan fingerprint density at radius 3 is 2.00 bits per heavy atom. The van der Waals surface area contributed by atoms with Crippen LogP contribution in [0.15, 0.2) is 18.2 Å². The van der Waals surface area contributed by atoms with Crippen molar-refractivity contribution in [3.05, 3.63) is 29.3 Å². The number of hydrogen-bond donors (Lipinski definition) is 0. The molecular weight excluding hydrogens is 525 g/mol. The minimum atomic E-state index is -5.81. The van der Waals surface area contributed by atoms with Gasteiger partial charge in [0.05, 0.1) is 17.8 Å². The number of carbonyl (C=O) groups is 1. The van der Waals surface area contributed by atoms with Gasteiger partial charge >= 0.3 is 24.6 Å². The lowest BCUT2D eigenvalue weighted by Gasteiger charge is -2.36. The van der Waals surface area contributed by atoms with Gasteiger partial charge in [-0.2, -0.15) is 39.5 Å². The van der Waals surface area contributed by atoms with E-state index in [1.807, 2.05) is 0 Å². The molecule has 3 aliphatic rings. The first-order chi connectivity index (χ1) is 17.1. The van der Waals surface area contributed by atoms with Crippen LogP contribution >= 0.6 is 0 Å². The molecule has 3 heterocycles. The van der Waals surface area contributed by atoms with Crippen molar-refractivity contribution < 1.29 is 53.8 Å². The van der Waals surface area contributed by atoms with Gasteiger partial charge in [0.1, 0.15) is 0 Å². The van der Waals surface area contributed by atoms with Crippen molar-refractivity contribution in [2.24, 2.45) is 0 Å². The quantitative estimate of drug-likeness (QED) is 0.505. The second-order valence-electron chi connectivity index (χ2n) is 9.32. The number of anilines is 1. The number of fused-ring (bicyclic) bond motifs is 2.